The van der Waals surface area contributed by atoms with Crippen molar-refractivity contribution in [3.8, 4) is 11.8 Å². The molecule has 2 rings (SSSR count). The quantitative estimate of drug-likeness (QED) is 0.676. The van der Waals surface area contributed by atoms with Gasteiger partial charge in [0.1, 0.15) is 5.75 Å². The van der Waals surface area contributed by atoms with Crippen LogP contribution in [0.25, 0.3) is 0 Å². The van der Waals surface area contributed by atoms with E-state index in [0.29, 0.717) is 0 Å². The van der Waals surface area contributed by atoms with Crippen LogP contribution in [0.2, 0.25) is 5.28 Å². The number of hydrogen-bond donors (Lipinski definition) is 1. The third-order valence-corrected chi connectivity index (χ3v) is 2.10. The summed E-state index contributed by atoms with van der Waals surface area (Å²) in [4.78, 5) is 20.3. The molecule has 0 radical (unpaired) electrons. The molecule has 0 saturated carbocycles. The van der Waals surface area contributed by atoms with Gasteiger partial charge in [-0.15, -0.1) is 0 Å². The molecule has 0 unspecified atom stereocenters. The molecule has 2 aromatic rings. The Labute approximate surface area is 110 Å². The normalized spacial score (nSPS) is 10.2. The van der Waals surface area contributed by atoms with Gasteiger partial charge in [0.05, 0.1) is 4.92 Å². The molecular weight excluding hydrogens is 281 g/mol. The average molecular weight is 286 g/mol. The minimum Gasteiger partial charge on any atom is -0.424 e. The molecule has 0 saturated heterocycles. The van der Waals surface area contributed by atoms with Crippen LogP contribution in [-0.2, 0) is 0 Å². The number of nitro groups is 1. The first-order chi connectivity index (χ1) is 8.95. The molecule has 0 aliphatic rings. The van der Waals surface area contributed by atoms with Crippen molar-refractivity contribution in [3.05, 3.63) is 39.4 Å². The zero-order chi connectivity index (χ0) is 14.0. The highest BCUT2D eigenvalue weighted by Gasteiger charge is 2.15. The Hall–Kier alpha value is -2.55. The molecule has 10 heteroatoms. The number of ether oxygens (including phenoxy) is 1. The zero-order valence-electron chi connectivity index (χ0n) is 9.08. The number of nitrogen functional groups attached to an aromatic ring is 1. The van der Waals surface area contributed by atoms with E-state index in [-0.39, 0.29) is 23.0 Å². The standard InChI is InChI=1S/C9H5ClFN5O3/c10-7-13-8(12)15-9(14-7)19-4-1-2-6(16(17)18)5(11)3-4/h1-3H,(H2,12,13,14,15). The number of hydrogen-bond acceptors (Lipinski definition) is 7. The minimum absolute atomic E-state index is 0.0373. The zero-order valence-corrected chi connectivity index (χ0v) is 9.83. The Kier molecular flexibility index (Phi) is 3.38. The highest BCUT2D eigenvalue weighted by atomic mass is 35.5. The van der Waals surface area contributed by atoms with Crippen molar-refractivity contribution in [1.82, 2.24) is 15.0 Å². The summed E-state index contributed by atoms with van der Waals surface area (Å²) in [6.07, 6.45) is 0. The molecule has 1 aromatic heterocycles. The van der Waals surface area contributed by atoms with E-state index in [2.05, 4.69) is 15.0 Å². The van der Waals surface area contributed by atoms with Crippen LogP contribution in [0, 0.1) is 15.9 Å². The largest absolute Gasteiger partial charge is 0.424 e. The minimum atomic E-state index is -1.05. The van der Waals surface area contributed by atoms with Crippen LogP contribution in [-0.4, -0.2) is 19.9 Å². The number of nitro benzene ring substituents is 1. The van der Waals surface area contributed by atoms with Gasteiger partial charge in [-0.05, 0) is 17.7 Å². The Bertz CT molecular complexity index is 633. The van der Waals surface area contributed by atoms with Crippen LogP contribution in [0.1, 0.15) is 0 Å². The maximum atomic E-state index is 13.3. The summed E-state index contributed by atoms with van der Waals surface area (Å²) in [7, 11) is 0. The third kappa shape index (κ3) is 3.01. The van der Waals surface area contributed by atoms with Crippen LogP contribution >= 0.6 is 11.6 Å². The SMILES string of the molecule is Nc1nc(Cl)nc(Oc2ccc([N+](=O)[O-])c(F)c2)n1. The van der Waals surface area contributed by atoms with Gasteiger partial charge >= 0.3 is 11.7 Å². The summed E-state index contributed by atoms with van der Waals surface area (Å²) in [5.41, 5.74) is 4.65. The summed E-state index contributed by atoms with van der Waals surface area (Å²) < 4.78 is 18.4. The maximum Gasteiger partial charge on any atom is 0.328 e. The van der Waals surface area contributed by atoms with Gasteiger partial charge < -0.3 is 10.5 Å². The van der Waals surface area contributed by atoms with Crippen LogP contribution in [0.5, 0.6) is 11.8 Å². The topological polar surface area (TPSA) is 117 Å². The first kappa shape index (κ1) is 12.9. The van der Waals surface area contributed by atoms with Gasteiger partial charge in [-0.1, -0.05) is 0 Å². The van der Waals surface area contributed by atoms with Crippen molar-refractivity contribution in [2.45, 2.75) is 0 Å². The Morgan fingerprint density at radius 1 is 1.37 bits per heavy atom. The second kappa shape index (κ2) is 4.98. The van der Waals surface area contributed by atoms with Gasteiger partial charge in [0, 0.05) is 12.1 Å². The lowest BCUT2D eigenvalue weighted by Gasteiger charge is -2.04. The number of aromatic nitrogens is 3. The van der Waals surface area contributed by atoms with Gasteiger partial charge in [-0.25, -0.2) is 0 Å². The highest BCUT2D eigenvalue weighted by Crippen LogP contribution is 2.25. The number of anilines is 1. The van der Waals surface area contributed by atoms with E-state index < -0.39 is 16.4 Å². The Morgan fingerprint density at radius 2 is 2.11 bits per heavy atom. The van der Waals surface area contributed by atoms with E-state index >= 15 is 0 Å². The number of nitrogens with two attached hydrogens (primary N) is 1. The van der Waals surface area contributed by atoms with Crippen molar-refractivity contribution >= 4 is 23.2 Å². The fraction of sp³-hybridized carbons (Fsp3) is 0. The van der Waals surface area contributed by atoms with E-state index in [9.17, 15) is 14.5 Å². The fourth-order valence-electron chi connectivity index (χ4n) is 1.20. The van der Waals surface area contributed by atoms with E-state index in [1.165, 1.54) is 6.07 Å². The summed E-state index contributed by atoms with van der Waals surface area (Å²) in [5.74, 6) is -1.25. The molecule has 0 aliphatic heterocycles. The van der Waals surface area contributed by atoms with Crippen LogP contribution in [0.4, 0.5) is 16.0 Å². The summed E-state index contributed by atoms with van der Waals surface area (Å²) in [6.45, 7) is 0. The van der Waals surface area contributed by atoms with E-state index in [1.54, 1.807) is 0 Å². The van der Waals surface area contributed by atoms with Crippen LogP contribution < -0.4 is 10.5 Å². The van der Waals surface area contributed by atoms with Crippen molar-refractivity contribution in [2.24, 2.45) is 0 Å². The summed E-state index contributed by atoms with van der Waals surface area (Å²) in [6, 6.07) is 2.73. The Balaban J connectivity index is 2.28. The predicted octanol–water partition coefficient (Wildman–Crippen LogP) is 1.95. The van der Waals surface area contributed by atoms with Gasteiger partial charge in [-0.3, -0.25) is 10.1 Å². The molecule has 2 N–H and O–H groups in total. The lowest BCUT2D eigenvalue weighted by atomic mass is 10.3. The lowest BCUT2D eigenvalue weighted by Crippen LogP contribution is -2.00. The molecule has 8 nitrogen and oxygen atoms in total. The number of halogens is 2. The monoisotopic (exact) mass is 285 g/mol. The van der Waals surface area contributed by atoms with E-state index in [4.69, 9.17) is 22.1 Å². The van der Waals surface area contributed by atoms with Gasteiger partial charge in [0.25, 0.3) is 0 Å². The average Bonchev–Trinajstić information content (AvgIpc) is 2.26. The molecule has 0 amide bonds. The number of nitrogens with zero attached hydrogens (tertiary/aromatic N) is 4. The summed E-state index contributed by atoms with van der Waals surface area (Å²) in [5, 5.41) is 10.2. The van der Waals surface area contributed by atoms with Gasteiger partial charge in [-0.2, -0.15) is 19.3 Å². The van der Waals surface area contributed by atoms with Crippen molar-refractivity contribution in [2.75, 3.05) is 5.73 Å². The molecule has 0 aliphatic carbocycles. The van der Waals surface area contributed by atoms with Crippen LogP contribution in [0.15, 0.2) is 18.2 Å². The van der Waals surface area contributed by atoms with Crippen LogP contribution in [0.3, 0.4) is 0 Å². The molecule has 1 aromatic carbocycles. The molecule has 98 valence electrons. The van der Waals surface area contributed by atoms with Crippen molar-refractivity contribution < 1.29 is 14.1 Å². The first-order valence-electron chi connectivity index (χ1n) is 4.74. The maximum absolute atomic E-state index is 13.3. The lowest BCUT2D eigenvalue weighted by molar-refractivity contribution is -0.387. The second-order valence-corrected chi connectivity index (χ2v) is 3.56. The molecule has 19 heavy (non-hydrogen) atoms. The molecule has 0 fully saturated rings. The van der Waals surface area contributed by atoms with Crippen molar-refractivity contribution in [3.63, 3.8) is 0 Å². The van der Waals surface area contributed by atoms with Gasteiger partial charge in [0.2, 0.25) is 17.0 Å². The van der Waals surface area contributed by atoms with E-state index in [0.717, 1.165) is 12.1 Å². The molecule has 0 spiro atoms. The Morgan fingerprint density at radius 3 is 2.68 bits per heavy atom. The molecular formula is C9H5ClFN5O3. The van der Waals surface area contributed by atoms with Crippen molar-refractivity contribution in [1.29, 1.82) is 0 Å². The predicted molar refractivity (Wildman–Crippen MR) is 62.4 cm³/mol. The molecule has 1 heterocycles. The fourth-order valence-corrected chi connectivity index (χ4v) is 1.36. The number of rotatable bonds is 3. The third-order valence-electron chi connectivity index (χ3n) is 1.93. The number of benzene rings is 1. The summed E-state index contributed by atoms with van der Waals surface area (Å²) >= 11 is 5.53. The van der Waals surface area contributed by atoms with E-state index in [1.807, 2.05) is 0 Å². The van der Waals surface area contributed by atoms with Gasteiger partial charge in [0.15, 0.2) is 0 Å². The molecule has 0 bridgehead atoms. The smallest absolute Gasteiger partial charge is 0.328 e. The second-order valence-electron chi connectivity index (χ2n) is 3.22. The molecule has 0 atom stereocenters. The first-order valence-corrected chi connectivity index (χ1v) is 5.12. The highest BCUT2D eigenvalue weighted by molar-refractivity contribution is 6.28.